The normalized spacial score (nSPS) is 13.9. The zero-order valence-corrected chi connectivity index (χ0v) is 19.4. The fourth-order valence-corrected chi connectivity index (χ4v) is 3.58. The number of rotatable bonds is 8. The number of halogens is 1. The quantitative estimate of drug-likeness (QED) is 0.146. The Morgan fingerprint density at radius 1 is 1.03 bits per heavy atom. The predicted octanol–water partition coefficient (Wildman–Crippen LogP) is 3.73. The zero-order valence-electron chi connectivity index (χ0n) is 18.6. The Labute approximate surface area is 203 Å². The second-order valence-electron chi connectivity index (χ2n) is 7.91. The number of nitrogens with zero attached hydrogens (tertiary/aromatic N) is 1. The number of nitrogens with one attached hydrogen (secondary N) is 1. The largest absolute Gasteiger partial charge is 0.506 e. The number of anilines is 2. The highest BCUT2D eigenvalue weighted by atomic mass is 35.5. The number of hydrogen-bond acceptors (Lipinski definition) is 8. The van der Waals surface area contributed by atoms with Gasteiger partial charge in [0.1, 0.15) is 22.8 Å². The third-order valence-corrected chi connectivity index (χ3v) is 5.48. The van der Waals surface area contributed by atoms with Crippen LogP contribution in [0.1, 0.15) is 17.5 Å². The third kappa shape index (κ3) is 5.74. The Morgan fingerprint density at radius 2 is 1.71 bits per heavy atom. The molecule has 3 aromatic rings. The van der Waals surface area contributed by atoms with E-state index in [0.29, 0.717) is 16.3 Å². The first-order valence-corrected chi connectivity index (χ1v) is 10.8. The molecule has 3 aromatic carbocycles. The van der Waals surface area contributed by atoms with Crippen LogP contribution in [0.25, 0.3) is 0 Å². The molecule has 1 atom stereocenters. The van der Waals surface area contributed by atoms with E-state index in [1.54, 1.807) is 42.5 Å². The van der Waals surface area contributed by atoms with E-state index in [1.807, 2.05) is 13.0 Å². The molecule has 0 saturated carbocycles. The fourth-order valence-electron chi connectivity index (χ4n) is 3.42. The van der Waals surface area contributed by atoms with Crippen molar-refractivity contribution in [2.75, 3.05) is 10.3 Å². The van der Waals surface area contributed by atoms with E-state index in [9.17, 15) is 15.3 Å². The van der Waals surface area contributed by atoms with Gasteiger partial charge in [-0.2, -0.15) is 0 Å². The molecule has 34 heavy (non-hydrogen) atoms. The van der Waals surface area contributed by atoms with Crippen molar-refractivity contribution in [3.63, 3.8) is 0 Å². The van der Waals surface area contributed by atoms with Gasteiger partial charge < -0.3 is 32.1 Å². The standard InChI is InChI=1S/C25H28ClN5O3/c1-16-7-9-22(32)20(11-16)30-14-24(28)25(34,17-5-3-2-4-6-17)13-19(27)15-31(29)21-12-18(26)8-10-23(21)33/h2-12,14-15,30,32-34H,13,27-29H2,1H3/b19-15-,24-14-. The Morgan fingerprint density at radius 3 is 2.41 bits per heavy atom. The van der Waals surface area contributed by atoms with E-state index >= 15 is 0 Å². The summed E-state index contributed by atoms with van der Waals surface area (Å²) in [5.41, 5.74) is 13.2. The van der Waals surface area contributed by atoms with E-state index < -0.39 is 5.60 Å². The highest BCUT2D eigenvalue weighted by molar-refractivity contribution is 6.30. The molecule has 0 radical (unpaired) electrons. The van der Waals surface area contributed by atoms with Gasteiger partial charge in [-0.05, 0) is 48.4 Å². The number of hydrazine groups is 1. The van der Waals surface area contributed by atoms with Crippen LogP contribution in [-0.4, -0.2) is 15.3 Å². The third-order valence-electron chi connectivity index (χ3n) is 5.24. The molecular weight excluding hydrogens is 454 g/mol. The Bertz CT molecular complexity index is 1220. The molecular formula is C25H28ClN5O3. The summed E-state index contributed by atoms with van der Waals surface area (Å²) in [6.45, 7) is 1.89. The van der Waals surface area contributed by atoms with E-state index in [0.717, 1.165) is 10.6 Å². The summed E-state index contributed by atoms with van der Waals surface area (Å²) in [4.78, 5) is 0. The van der Waals surface area contributed by atoms with Crippen molar-refractivity contribution in [2.24, 2.45) is 17.3 Å². The van der Waals surface area contributed by atoms with Gasteiger partial charge in [0.15, 0.2) is 0 Å². The van der Waals surface area contributed by atoms with Crippen molar-refractivity contribution < 1.29 is 15.3 Å². The number of hydrogen-bond donors (Lipinski definition) is 7. The van der Waals surface area contributed by atoms with Crippen LogP contribution in [0.4, 0.5) is 11.4 Å². The van der Waals surface area contributed by atoms with Crippen LogP contribution >= 0.6 is 11.6 Å². The van der Waals surface area contributed by atoms with Gasteiger partial charge in [-0.25, -0.2) is 5.84 Å². The van der Waals surface area contributed by atoms with Crippen molar-refractivity contribution in [3.05, 3.63) is 107 Å². The van der Waals surface area contributed by atoms with Gasteiger partial charge in [0.2, 0.25) is 0 Å². The van der Waals surface area contributed by atoms with Crippen LogP contribution in [0.3, 0.4) is 0 Å². The van der Waals surface area contributed by atoms with Crippen LogP contribution in [0.2, 0.25) is 5.02 Å². The van der Waals surface area contributed by atoms with Crippen molar-refractivity contribution in [1.82, 2.24) is 0 Å². The number of aliphatic hydroxyl groups is 1. The Hall–Kier alpha value is -3.85. The molecule has 8 nitrogen and oxygen atoms in total. The lowest BCUT2D eigenvalue weighted by Gasteiger charge is -2.30. The highest BCUT2D eigenvalue weighted by Crippen LogP contribution is 2.34. The minimum atomic E-state index is -1.70. The molecule has 3 rings (SSSR count). The maximum Gasteiger partial charge on any atom is 0.140 e. The molecule has 178 valence electrons. The molecule has 0 bridgehead atoms. The minimum Gasteiger partial charge on any atom is -0.506 e. The van der Waals surface area contributed by atoms with Crippen LogP contribution in [0, 0.1) is 6.92 Å². The molecule has 0 amide bonds. The van der Waals surface area contributed by atoms with Crippen LogP contribution in [0.5, 0.6) is 11.5 Å². The average Bonchev–Trinajstić information content (AvgIpc) is 2.81. The van der Waals surface area contributed by atoms with E-state index in [2.05, 4.69) is 5.32 Å². The summed E-state index contributed by atoms with van der Waals surface area (Å²) in [7, 11) is 0. The van der Waals surface area contributed by atoms with E-state index in [-0.39, 0.29) is 35.0 Å². The summed E-state index contributed by atoms with van der Waals surface area (Å²) >= 11 is 6.00. The number of nitrogens with two attached hydrogens (primary N) is 3. The van der Waals surface area contributed by atoms with E-state index in [1.165, 1.54) is 30.6 Å². The molecule has 10 N–H and O–H groups in total. The van der Waals surface area contributed by atoms with Gasteiger partial charge in [-0.1, -0.05) is 48.0 Å². The van der Waals surface area contributed by atoms with Crippen molar-refractivity contribution in [1.29, 1.82) is 0 Å². The van der Waals surface area contributed by atoms with Crippen LogP contribution in [0.15, 0.2) is 90.5 Å². The van der Waals surface area contributed by atoms with Gasteiger partial charge in [0, 0.05) is 29.5 Å². The molecule has 1 unspecified atom stereocenters. The maximum atomic E-state index is 11.7. The predicted molar refractivity (Wildman–Crippen MR) is 136 cm³/mol. The topological polar surface area (TPSA) is 154 Å². The lowest BCUT2D eigenvalue weighted by atomic mass is 9.86. The highest BCUT2D eigenvalue weighted by Gasteiger charge is 2.33. The van der Waals surface area contributed by atoms with Crippen LogP contribution in [-0.2, 0) is 5.60 Å². The number of aromatic hydroxyl groups is 2. The van der Waals surface area contributed by atoms with E-state index in [4.69, 9.17) is 28.9 Å². The molecule has 0 aliphatic heterocycles. The smallest absolute Gasteiger partial charge is 0.140 e. The van der Waals surface area contributed by atoms with Crippen molar-refractivity contribution >= 4 is 23.0 Å². The lowest BCUT2D eigenvalue weighted by Crippen LogP contribution is -2.36. The monoisotopic (exact) mass is 481 g/mol. The fraction of sp³-hybridized carbons (Fsp3) is 0.120. The summed E-state index contributed by atoms with van der Waals surface area (Å²) in [5.74, 6) is 6.01. The Balaban J connectivity index is 1.93. The summed E-state index contributed by atoms with van der Waals surface area (Å²) in [5, 5.41) is 36.3. The summed E-state index contributed by atoms with van der Waals surface area (Å²) in [6, 6.07) is 18.3. The summed E-state index contributed by atoms with van der Waals surface area (Å²) in [6.07, 6.45) is 2.67. The van der Waals surface area contributed by atoms with Gasteiger partial charge in [0.05, 0.1) is 11.4 Å². The molecule has 9 heteroatoms. The van der Waals surface area contributed by atoms with Gasteiger partial charge in [0.25, 0.3) is 0 Å². The lowest BCUT2D eigenvalue weighted by molar-refractivity contribution is 0.0743. The SMILES string of the molecule is Cc1ccc(O)c(N/C=C(\N)C(O)(C/C(N)=C/N(N)c2cc(Cl)ccc2O)c2ccccc2)c1. The number of aryl methyl sites for hydroxylation is 1. The molecule has 0 saturated heterocycles. The Kier molecular flexibility index (Phi) is 7.57. The summed E-state index contributed by atoms with van der Waals surface area (Å²) < 4.78 is 0. The minimum absolute atomic E-state index is 0.0393. The first kappa shape index (κ1) is 24.8. The average molecular weight is 482 g/mol. The molecule has 0 aliphatic rings. The van der Waals surface area contributed by atoms with Crippen molar-refractivity contribution in [2.45, 2.75) is 18.9 Å². The van der Waals surface area contributed by atoms with Gasteiger partial charge in [-0.3, -0.25) is 5.01 Å². The second kappa shape index (κ2) is 10.4. The van der Waals surface area contributed by atoms with Gasteiger partial charge in [-0.15, -0.1) is 0 Å². The number of phenolic OH excluding ortho intramolecular Hbond substituents is 2. The molecule has 0 heterocycles. The van der Waals surface area contributed by atoms with Crippen molar-refractivity contribution in [3.8, 4) is 11.5 Å². The zero-order chi connectivity index (χ0) is 24.9. The first-order chi connectivity index (χ1) is 16.1. The molecule has 0 fully saturated rings. The number of benzene rings is 3. The first-order valence-electron chi connectivity index (χ1n) is 10.4. The molecule has 0 aromatic heterocycles. The molecule has 0 spiro atoms. The molecule has 0 aliphatic carbocycles. The van der Waals surface area contributed by atoms with Crippen LogP contribution < -0.4 is 27.6 Å². The number of phenols is 2. The van der Waals surface area contributed by atoms with Gasteiger partial charge >= 0.3 is 0 Å². The maximum absolute atomic E-state index is 11.7. The second-order valence-corrected chi connectivity index (χ2v) is 8.35.